The van der Waals surface area contributed by atoms with Gasteiger partial charge in [0.15, 0.2) is 5.78 Å². The van der Waals surface area contributed by atoms with Crippen molar-refractivity contribution in [1.82, 2.24) is 4.90 Å². The van der Waals surface area contributed by atoms with Crippen LogP contribution in [0.25, 0.3) is 0 Å². The van der Waals surface area contributed by atoms with E-state index >= 15 is 0 Å². The lowest BCUT2D eigenvalue weighted by atomic mass is 10.1. The Morgan fingerprint density at radius 3 is 2.84 bits per heavy atom. The lowest BCUT2D eigenvalue weighted by Crippen LogP contribution is -2.44. The average Bonchev–Trinajstić information content (AvgIpc) is 2.46. The van der Waals surface area contributed by atoms with Crippen LogP contribution in [0.3, 0.4) is 0 Å². The largest absolute Gasteiger partial charge is 0.394 e. The summed E-state index contributed by atoms with van der Waals surface area (Å²) in [5.41, 5.74) is 0.691. The predicted molar refractivity (Wildman–Crippen MR) is 73.7 cm³/mol. The zero-order chi connectivity index (χ0) is 13.7. The van der Waals surface area contributed by atoms with Crippen LogP contribution in [0.5, 0.6) is 0 Å². The van der Waals surface area contributed by atoms with Gasteiger partial charge < -0.3 is 9.84 Å². The molecule has 1 fully saturated rings. The number of ether oxygens (including phenoxy) is 1. The van der Waals surface area contributed by atoms with Crippen molar-refractivity contribution < 1.29 is 14.6 Å². The van der Waals surface area contributed by atoms with Crippen molar-refractivity contribution in [3.8, 4) is 0 Å². The van der Waals surface area contributed by atoms with E-state index in [-0.39, 0.29) is 18.5 Å². The number of Topliss-reactive ketones (excluding diaryl/α,β-unsaturated/α-hetero) is 1. The van der Waals surface area contributed by atoms with Crippen molar-refractivity contribution >= 4 is 17.4 Å². The molecule has 0 spiro atoms. The van der Waals surface area contributed by atoms with E-state index in [9.17, 15) is 4.79 Å². The third-order valence-electron chi connectivity index (χ3n) is 3.25. The van der Waals surface area contributed by atoms with Crippen molar-refractivity contribution in [2.75, 3.05) is 32.8 Å². The molecular weight excluding hydrogens is 266 g/mol. The Morgan fingerprint density at radius 2 is 2.16 bits per heavy atom. The van der Waals surface area contributed by atoms with Gasteiger partial charge in [0.2, 0.25) is 0 Å². The molecule has 0 aromatic heterocycles. The first-order chi connectivity index (χ1) is 9.19. The molecule has 19 heavy (non-hydrogen) atoms. The number of hydrogen-bond donors (Lipinski definition) is 1. The van der Waals surface area contributed by atoms with Gasteiger partial charge in [0.1, 0.15) is 0 Å². The Morgan fingerprint density at radius 1 is 1.42 bits per heavy atom. The molecular formula is C14H18ClNO3. The van der Waals surface area contributed by atoms with E-state index in [4.69, 9.17) is 21.4 Å². The Bertz CT molecular complexity index is 421. The number of hydrogen-bond acceptors (Lipinski definition) is 4. The number of rotatable bonds is 5. The van der Waals surface area contributed by atoms with Crippen molar-refractivity contribution in [2.24, 2.45) is 0 Å². The third-order valence-corrected chi connectivity index (χ3v) is 3.50. The molecule has 1 saturated heterocycles. The number of carbonyl (C=O) groups is 1. The number of aliphatic hydroxyl groups is 1. The molecule has 1 aromatic rings. The molecule has 1 atom stereocenters. The van der Waals surface area contributed by atoms with Gasteiger partial charge >= 0.3 is 0 Å². The summed E-state index contributed by atoms with van der Waals surface area (Å²) < 4.78 is 5.37. The molecule has 1 N–H and O–H groups in total. The zero-order valence-corrected chi connectivity index (χ0v) is 11.5. The normalized spacial score (nSPS) is 20.4. The first-order valence-corrected chi connectivity index (χ1v) is 6.80. The fourth-order valence-electron chi connectivity index (χ4n) is 2.13. The minimum Gasteiger partial charge on any atom is -0.394 e. The Balaban J connectivity index is 1.81. The molecule has 2 rings (SSSR count). The number of morpholine rings is 1. The Labute approximate surface area is 117 Å². The van der Waals surface area contributed by atoms with Crippen LogP contribution >= 0.6 is 11.6 Å². The highest BCUT2D eigenvalue weighted by Gasteiger charge is 2.20. The van der Waals surface area contributed by atoms with Crippen LogP contribution in [0.2, 0.25) is 5.02 Å². The standard InChI is InChI=1S/C14H18ClNO3/c15-12-3-1-11(2-4-12)14(18)5-6-16-7-8-19-13(9-16)10-17/h1-4,13,17H,5-10H2. The van der Waals surface area contributed by atoms with E-state index in [1.165, 1.54) is 0 Å². The summed E-state index contributed by atoms with van der Waals surface area (Å²) in [5, 5.41) is 9.69. The van der Waals surface area contributed by atoms with Gasteiger partial charge in [-0.25, -0.2) is 0 Å². The van der Waals surface area contributed by atoms with E-state index in [0.29, 0.717) is 36.7 Å². The van der Waals surface area contributed by atoms with Gasteiger partial charge in [0, 0.05) is 36.6 Å². The third kappa shape index (κ3) is 4.28. The van der Waals surface area contributed by atoms with Gasteiger partial charge in [0.05, 0.1) is 19.3 Å². The van der Waals surface area contributed by atoms with E-state index in [2.05, 4.69) is 4.90 Å². The van der Waals surface area contributed by atoms with Gasteiger partial charge in [-0.15, -0.1) is 0 Å². The average molecular weight is 284 g/mol. The highest BCUT2D eigenvalue weighted by molar-refractivity contribution is 6.30. The van der Waals surface area contributed by atoms with Gasteiger partial charge in [-0.1, -0.05) is 11.6 Å². The highest BCUT2D eigenvalue weighted by Crippen LogP contribution is 2.12. The van der Waals surface area contributed by atoms with Crippen LogP contribution in [0, 0.1) is 0 Å². The quantitative estimate of drug-likeness (QED) is 0.834. The summed E-state index contributed by atoms with van der Waals surface area (Å²) in [4.78, 5) is 14.2. The van der Waals surface area contributed by atoms with Gasteiger partial charge in [-0.05, 0) is 24.3 Å². The van der Waals surface area contributed by atoms with Gasteiger partial charge in [-0.3, -0.25) is 9.69 Å². The lowest BCUT2D eigenvalue weighted by molar-refractivity contribution is -0.0523. The number of carbonyl (C=O) groups excluding carboxylic acids is 1. The molecule has 5 heteroatoms. The topological polar surface area (TPSA) is 49.8 Å². The predicted octanol–water partition coefficient (Wildman–Crippen LogP) is 1.61. The summed E-state index contributed by atoms with van der Waals surface area (Å²) in [7, 11) is 0. The maximum absolute atomic E-state index is 12.0. The summed E-state index contributed by atoms with van der Waals surface area (Å²) in [6.45, 7) is 2.83. The maximum Gasteiger partial charge on any atom is 0.164 e. The minimum absolute atomic E-state index is 0.0294. The molecule has 1 aromatic carbocycles. The van der Waals surface area contributed by atoms with Crippen molar-refractivity contribution in [3.63, 3.8) is 0 Å². The first kappa shape index (κ1) is 14.5. The van der Waals surface area contributed by atoms with E-state index in [1.54, 1.807) is 24.3 Å². The Kier molecular flexibility index (Phi) is 5.34. The fourth-order valence-corrected chi connectivity index (χ4v) is 2.26. The summed E-state index contributed by atoms with van der Waals surface area (Å²) >= 11 is 5.79. The highest BCUT2D eigenvalue weighted by atomic mass is 35.5. The van der Waals surface area contributed by atoms with Crippen LogP contribution in [0.4, 0.5) is 0 Å². The van der Waals surface area contributed by atoms with Crippen LogP contribution < -0.4 is 0 Å². The molecule has 0 bridgehead atoms. The molecule has 0 amide bonds. The summed E-state index contributed by atoms with van der Waals surface area (Å²) in [6.07, 6.45) is 0.346. The fraction of sp³-hybridized carbons (Fsp3) is 0.500. The number of ketones is 1. The van der Waals surface area contributed by atoms with Gasteiger partial charge in [-0.2, -0.15) is 0 Å². The zero-order valence-electron chi connectivity index (χ0n) is 10.7. The molecule has 4 nitrogen and oxygen atoms in total. The molecule has 0 saturated carbocycles. The second-order valence-electron chi connectivity index (χ2n) is 4.66. The van der Waals surface area contributed by atoms with E-state index in [1.807, 2.05) is 0 Å². The molecule has 0 aliphatic carbocycles. The molecule has 1 heterocycles. The van der Waals surface area contributed by atoms with Crippen molar-refractivity contribution in [3.05, 3.63) is 34.9 Å². The SMILES string of the molecule is O=C(CCN1CCOC(CO)C1)c1ccc(Cl)cc1. The van der Waals surface area contributed by atoms with Crippen LogP contribution in [0.15, 0.2) is 24.3 Å². The van der Waals surface area contributed by atoms with Gasteiger partial charge in [0.25, 0.3) is 0 Å². The van der Waals surface area contributed by atoms with Crippen molar-refractivity contribution in [1.29, 1.82) is 0 Å². The maximum atomic E-state index is 12.0. The number of aliphatic hydroxyl groups excluding tert-OH is 1. The lowest BCUT2D eigenvalue weighted by Gasteiger charge is -2.31. The Hall–Kier alpha value is -0.940. The van der Waals surface area contributed by atoms with Crippen LogP contribution in [0.1, 0.15) is 16.8 Å². The monoisotopic (exact) mass is 283 g/mol. The minimum atomic E-state index is -0.126. The molecule has 104 valence electrons. The second kappa shape index (κ2) is 7.01. The summed E-state index contributed by atoms with van der Waals surface area (Å²) in [5.74, 6) is 0.115. The number of halogens is 1. The number of benzene rings is 1. The molecule has 1 aliphatic rings. The second-order valence-corrected chi connectivity index (χ2v) is 5.09. The smallest absolute Gasteiger partial charge is 0.164 e. The van der Waals surface area contributed by atoms with Crippen LogP contribution in [-0.4, -0.2) is 54.7 Å². The summed E-state index contributed by atoms with van der Waals surface area (Å²) in [6, 6.07) is 6.96. The van der Waals surface area contributed by atoms with Crippen molar-refractivity contribution in [2.45, 2.75) is 12.5 Å². The molecule has 1 aliphatic heterocycles. The molecule has 1 unspecified atom stereocenters. The van der Waals surface area contributed by atoms with E-state index < -0.39 is 0 Å². The van der Waals surface area contributed by atoms with Crippen LogP contribution in [-0.2, 0) is 4.74 Å². The first-order valence-electron chi connectivity index (χ1n) is 6.42. The number of nitrogens with zero attached hydrogens (tertiary/aromatic N) is 1. The molecule has 0 radical (unpaired) electrons. The van der Waals surface area contributed by atoms with E-state index in [0.717, 1.165) is 6.54 Å².